The number of amides is 1. The quantitative estimate of drug-likeness (QED) is 0.640. The Hall–Kier alpha value is -0.180. The van der Waals surface area contributed by atoms with E-state index >= 15 is 0 Å². The molecule has 0 aliphatic rings. The molecule has 0 atom stereocenters. The lowest BCUT2D eigenvalue weighted by molar-refractivity contribution is -0.129. The molecular weight excluding hydrogens is 194 g/mol. The van der Waals surface area contributed by atoms with Gasteiger partial charge in [0, 0.05) is 25.8 Å². The molecule has 2 nitrogen and oxygen atoms in total. The summed E-state index contributed by atoms with van der Waals surface area (Å²) in [7, 11) is 1.88. The molecule has 14 heavy (non-hydrogen) atoms. The molecule has 0 aromatic carbocycles. The fourth-order valence-electron chi connectivity index (χ4n) is 0.955. The minimum absolute atomic E-state index is 0.276. The van der Waals surface area contributed by atoms with Crippen LogP contribution in [0, 0.1) is 0 Å². The lowest BCUT2D eigenvalue weighted by Crippen LogP contribution is -2.27. The van der Waals surface area contributed by atoms with Crippen LogP contribution in [0.15, 0.2) is 0 Å². The monoisotopic (exact) mass is 219 g/mol. The van der Waals surface area contributed by atoms with E-state index in [-0.39, 0.29) is 5.91 Å². The molecule has 0 N–H and O–H groups in total. The summed E-state index contributed by atoms with van der Waals surface area (Å²) >= 11 is 1.82. The van der Waals surface area contributed by atoms with Gasteiger partial charge in [0.15, 0.2) is 0 Å². The summed E-state index contributed by atoms with van der Waals surface area (Å²) in [5.74, 6) is 2.34. The van der Waals surface area contributed by atoms with Crippen LogP contribution in [0.4, 0.5) is 0 Å². The fraction of sp³-hybridized carbons (Fsp3) is 0.909. The van der Waals surface area contributed by atoms with Crippen molar-refractivity contribution < 1.29 is 4.79 Å². The van der Waals surface area contributed by atoms with E-state index in [2.05, 4.69) is 13.8 Å². The van der Waals surface area contributed by atoms with E-state index in [9.17, 15) is 4.79 Å². The van der Waals surface area contributed by atoms with Crippen LogP contribution in [0.2, 0.25) is 0 Å². The highest BCUT2D eigenvalue weighted by atomic mass is 32.2. The Balaban J connectivity index is 0. The van der Waals surface area contributed by atoms with Gasteiger partial charge in [-0.3, -0.25) is 4.79 Å². The van der Waals surface area contributed by atoms with E-state index in [4.69, 9.17) is 0 Å². The average Bonchev–Trinajstić information content (AvgIpc) is 2.21. The summed E-state index contributed by atoms with van der Waals surface area (Å²) in [5, 5.41) is 0. The zero-order valence-corrected chi connectivity index (χ0v) is 11.1. The molecule has 3 heteroatoms. The van der Waals surface area contributed by atoms with Crippen molar-refractivity contribution in [3.8, 4) is 0 Å². The number of thioether (sulfide) groups is 1. The molecule has 86 valence electrons. The molecule has 0 rings (SSSR count). The number of hydrogen-bond acceptors (Lipinski definition) is 2. The van der Waals surface area contributed by atoms with Crippen molar-refractivity contribution in [2.75, 3.05) is 25.1 Å². The molecule has 0 spiro atoms. The molecule has 0 radical (unpaired) electrons. The van der Waals surface area contributed by atoms with Crippen molar-refractivity contribution in [3.63, 3.8) is 0 Å². The zero-order chi connectivity index (χ0) is 11.4. The van der Waals surface area contributed by atoms with E-state index in [1.807, 2.05) is 37.6 Å². The summed E-state index contributed by atoms with van der Waals surface area (Å²) in [5.41, 5.74) is 0. The number of carbonyl (C=O) groups excluding carboxylic acids is 1. The predicted octanol–water partition coefficient (Wildman–Crippen LogP) is 3.02. The van der Waals surface area contributed by atoms with Crippen LogP contribution in [0.1, 0.15) is 40.5 Å². The van der Waals surface area contributed by atoms with Gasteiger partial charge in [0.2, 0.25) is 5.91 Å². The second kappa shape index (κ2) is 12.8. The zero-order valence-electron chi connectivity index (χ0n) is 10.3. The van der Waals surface area contributed by atoms with Crippen LogP contribution in [0.5, 0.6) is 0 Å². The lowest BCUT2D eigenvalue weighted by atomic mass is 10.4. The second-order valence-corrected chi connectivity index (χ2v) is 4.16. The summed E-state index contributed by atoms with van der Waals surface area (Å²) in [6, 6.07) is 0. The molecule has 0 heterocycles. The van der Waals surface area contributed by atoms with Gasteiger partial charge in [-0.1, -0.05) is 27.7 Å². The molecule has 0 aromatic heterocycles. The summed E-state index contributed by atoms with van der Waals surface area (Å²) in [4.78, 5) is 13.1. The fourth-order valence-corrected chi connectivity index (χ4v) is 1.56. The largest absolute Gasteiger partial charge is 0.346 e. The topological polar surface area (TPSA) is 20.3 Å². The van der Waals surface area contributed by atoms with Crippen molar-refractivity contribution >= 4 is 17.7 Å². The van der Waals surface area contributed by atoms with Crippen LogP contribution in [0.25, 0.3) is 0 Å². The molecule has 0 saturated carbocycles. The predicted molar refractivity (Wildman–Crippen MR) is 66.9 cm³/mol. The van der Waals surface area contributed by atoms with Crippen LogP contribution >= 0.6 is 11.8 Å². The average molecular weight is 219 g/mol. The van der Waals surface area contributed by atoms with Crippen molar-refractivity contribution in [1.82, 2.24) is 4.90 Å². The van der Waals surface area contributed by atoms with Crippen LogP contribution in [-0.2, 0) is 4.79 Å². The Bertz CT molecular complexity index is 128. The first kappa shape index (κ1) is 16.3. The van der Waals surface area contributed by atoms with Crippen molar-refractivity contribution in [2.24, 2.45) is 0 Å². The Morgan fingerprint density at radius 2 is 1.86 bits per heavy atom. The number of carbonyl (C=O) groups is 1. The van der Waals surface area contributed by atoms with Gasteiger partial charge in [0.05, 0.1) is 0 Å². The standard InChI is InChI=1S/C9H19NOS.C2H6/c1-4-7-10(3)9(11)6-8-12-5-2;1-2/h4-8H2,1-3H3;1-2H3. The molecule has 0 unspecified atom stereocenters. The number of rotatable bonds is 6. The maximum Gasteiger partial charge on any atom is 0.223 e. The molecule has 0 aromatic rings. The van der Waals surface area contributed by atoms with Gasteiger partial charge >= 0.3 is 0 Å². The van der Waals surface area contributed by atoms with Gasteiger partial charge in [0.25, 0.3) is 0 Å². The highest BCUT2D eigenvalue weighted by Gasteiger charge is 2.05. The first-order chi connectivity index (χ1) is 6.72. The molecule has 0 fully saturated rings. The lowest BCUT2D eigenvalue weighted by Gasteiger charge is -2.15. The molecule has 0 aliphatic carbocycles. The summed E-state index contributed by atoms with van der Waals surface area (Å²) in [6.07, 6.45) is 1.73. The van der Waals surface area contributed by atoms with Gasteiger partial charge in [-0.2, -0.15) is 11.8 Å². The van der Waals surface area contributed by atoms with E-state index in [1.165, 1.54) is 0 Å². The maximum absolute atomic E-state index is 11.3. The third-order valence-electron chi connectivity index (χ3n) is 1.65. The number of nitrogens with zero attached hydrogens (tertiary/aromatic N) is 1. The maximum atomic E-state index is 11.3. The molecule has 0 saturated heterocycles. The van der Waals surface area contributed by atoms with E-state index in [1.54, 1.807) is 0 Å². The molecular formula is C11H25NOS. The molecule has 0 aliphatic heterocycles. The van der Waals surface area contributed by atoms with Gasteiger partial charge in [0.1, 0.15) is 0 Å². The Kier molecular flexibility index (Phi) is 14.9. The Labute approximate surface area is 93.4 Å². The molecule has 1 amide bonds. The third-order valence-corrected chi connectivity index (χ3v) is 2.55. The Morgan fingerprint density at radius 1 is 1.29 bits per heavy atom. The second-order valence-electron chi connectivity index (χ2n) is 2.76. The normalized spacial score (nSPS) is 8.93. The van der Waals surface area contributed by atoms with E-state index < -0.39 is 0 Å². The van der Waals surface area contributed by atoms with Crippen molar-refractivity contribution in [1.29, 1.82) is 0 Å². The highest BCUT2D eigenvalue weighted by Crippen LogP contribution is 2.02. The molecule has 0 bridgehead atoms. The third kappa shape index (κ3) is 9.90. The first-order valence-electron chi connectivity index (χ1n) is 5.54. The van der Waals surface area contributed by atoms with Gasteiger partial charge in [-0.25, -0.2) is 0 Å². The van der Waals surface area contributed by atoms with Gasteiger partial charge in [-0.05, 0) is 12.2 Å². The summed E-state index contributed by atoms with van der Waals surface area (Å²) < 4.78 is 0. The minimum atomic E-state index is 0.276. The number of hydrogen-bond donors (Lipinski definition) is 0. The summed E-state index contributed by atoms with van der Waals surface area (Å²) in [6.45, 7) is 9.09. The SMILES string of the molecule is CC.CCCN(C)C(=O)CCSCC. The van der Waals surface area contributed by atoms with Crippen LogP contribution in [0.3, 0.4) is 0 Å². The van der Waals surface area contributed by atoms with Gasteiger partial charge in [-0.15, -0.1) is 0 Å². The smallest absolute Gasteiger partial charge is 0.223 e. The Morgan fingerprint density at radius 3 is 2.29 bits per heavy atom. The van der Waals surface area contributed by atoms with E-state index in [0.29, 0.717) is 6.42 Å². The van der Waals surface area contributed by atoms with Crippen LogP contribution in [-0.4, -0.2) is 35.9 Å². The van der Waals surface area contributed by atoms with Crippen molar-refractivity contribution in [2.45, 2.75) is 40.5 Å². The highest BCUT2D eigenvalue weighted by molar-refractivity contribution is 7.99. The van der Waals surface area contributed by atoms with Crippen molar-refractivity contribution in [3.05, 3.63) is 0 Å². The van der Waals surface area contributed by atoms with Crippen LogP contribution < -0.4 is 0 Å². The minimum Gasteiger partial charge on any atom is -0.346 e. The first-order valence-corrected chi connectivity index (χ1v) is 6.69. The van der Waals surface area contributed by atoms with E-state index in [0.717, 1.165) is 24.5 Å². The van der Waals surface area contributed by atoms with Gasteiger partial charge < -0.3 is 4.90 Å².